The molecule has 3 aliphatic rings. The standard InChI is InChI=1S/C31H42ClN5O/c1-31(22-36-14-11-27(33)12-15-36)13-10-29(23-2-6-26(32)7-3-23)25(20-31)21-35-16-18-37(19-17-35)28-8-4-24(5-9-28)30(34)38/h2-9,27H,10-22,33H2,1H3,(H2,34,38). The third-order valence-electron chi connectivity index (χ3n) is 8.78. The maximum Gasteiger partial charge on any atom is 0.248 e. The van der Waals surface area contributed by atoms with Crippen molar-refractivity contribution >= 4 is 28.8 Å². The maximum atomic E-state index is 11.4. The number of anilines is 1. The molecule has 4 N–H and O–H groups in total. The molecule has 2 aliphatic heterocycles. The van der Waals surface area contributed by atoms with Crippen LogP contribution in [-0.2, 0) is 0 Å². The van der Waals surface area contributed by atoms with Crippen LogP contribution in [0.3, 0.4) is 0 Å². The van der Waals surface area contributed by atoms with E-state index in [1.165, 1.54) is 17.6 Å². The Labute approximate surface area is 232 Å². The first kappa shape index (κ1) is 27.2. The van der Waals surface area contributed by atoms with Gasteiger partial charge in [-0.3, -0.25) is 9.69 Å². The van der Waals surface area contributed by atoms with Gasteiger partial charge in [0.25, 0.3) is 0 Å². The molecule has 1 amide bonds. The van der Waals surface area contributed by atoms with E-state index in [2.05, 4.69) is 33.8 Å². The van der Waals surface area contributed by atoms with Crippen molar-refractivity contribution in [2.45, 2.75) is 45.1 Å². The number of benzene rings is 2. The molecule has 38 heavy (non-hydrogen) atoms. The molecule has 6 nitrogen and oxygen atoms in total. The van der Waals surface area contributed by atoms with Gasteiger partial charge in [0.1, 0.15) is 0 Å². The lowest BCUT2D eigenvalue weighted by molar-refractivity contribution is 0.100. The monoisotopic (exact) mass is 535 g/mol. The van der Waals surface area contributed by atoms with Crippen LogP contribution >= 0.6 is 11.6 Å². The second-order valence-electron chi connectivity index (χ2n) is 11.9. The lowest BCUT2D eigenvalue weighted by Gasteiger charge is -2.43. The molecule has 2 heterocycles. The molecular formula is C31H42ClN5O. The van der Waals surface area contributed by atoms with Gasteiger partial charge in [-0.1, -0.05) is 36.2 Å². The van der Waals surface area contributed by atoms with Gasteiger partial charge in [-0.05, 0) is 98.1 Å². The predicted octanol–water partition coefficient (Wildman–Crippen LogP) is 4.63. The van der Waals surface area contributed by atoms with Crippen LogP contribution in [0, 0.1) is 5.41 Å². The van der Waals surface area contributed by atoms with E-state index in [9.17, 15) is 4.79 Å². The average Bonchev–Trinajstić information content (AvgIpc) is 2.91. The number of hydrogen-bond donors (Lipinski definition) is 2. The first-order valence-corrected chi connectivity index (χ1v) is 14.5. The van der Waals surface area contributed by atoms with Crippen molar-refractivity contribution in [3.8, 4) is 0 Å². The minimum atomic E-state index is -0.380. The number of primary amides is 1. The molecule has 2 saturated heterocycles. The van der Waals surface area contributed by atoms with Crippen molar-refractivity contribution in [3.63, 3.8) is 0 Å². The fourth-order valence-corrected chi connectivity index (χ4v) is 6.65. The van der Waals surface area contributed by atoms with Crippen molar-refractivity contribution in [2.24, 2.45) is 16.9 Å². The summed E-state index contributed by atoms with van der Waals surface area (Å²) < 4.78 is 0. The van der Waals surface area contributed by atoms with E-state index in [1.807, 2.05) is 36.4 Å². The molecule has 7 heteroatoms. The summed E-state index contributed by atoms with van der Waals surface area (Å²) in [5.74, 6) is -0.380. The molecule has 1 atom stereocenters. The Balaban J connectivity index is 1.28. The lowest BCUT2D eigenvalue weighted by Crippen LogP contribution is -2.48. The molecule has 0 radical (unpaired) electrons. The zero-order valence-corrected chi connectivity index (χ0v) is 23.4. The number of piperidine rings is 1. The highest BCUT2D eigenvalue weighted by molar-refractivity contribution is 6.30. The average molecular weight is 536 g/mol. The zero-order valence-electron chi connectivity index (χ0n) is 22.7. The molecule has 2 fully saturated rings. The van der Waals surface area contributed by atoms with Crippen molar-refractivity contribution < 1.29 is 4.79 Å². The van der Waals surface area contributed by atoms with Gasteiger partial charge in [0, 0.05) is 61.6 Å². The van der Waals surface area contributed by atoms with Gasteiger partial charge in [0.05, 0.1) is 0 Å². The predicted molar refractivity (Wildman–Crippen MR) is 158 cm³/mol. The number of nitrogens with two attached hydrogens (primary N) is 2. The summed E-state index contributed by atoms with van der Waals surface area (Å²) in [7, 11) is 0. The fraction of sp³-hybridized carbons (Fsp3) is 0.516. The van der Waals surface area contributed by atoms with E-state index in [1.54, 1.807) is 5.57 Å². The zero-order chi connectivity index (χ0) is 26.7. The first-order valence-electron chi connectivity index (χ1n) is 14.1. The highest BCUT2D eigenvalue weighted by Gasteiger charge is 2.35. The van der Waals surface area contributed by atoms with Crippen molar-refractivity contribution in [3.05, 3.63) is 70.3 Å². The number of carbonyl (C=O) groups excluding carboxylic acids is 1. The van der Waals surface area contributed by atoms with Crippen molar-refractivity contribution in [1.29, 1.82) is 0 Å². The number of hydrogen-bond acceptors (Lipinski definition) is 5. The molecule has 204 valence electrons. The molecule has 2 aromatic carbocycles. The first-order chi connectivity index (χ1) is 18.3. The van der Waals surface area contributed by atoms with Crippen LogP contribution < -0.4 is 16.4 Å². The van der Waals surface area contributed by atoms with E-state index >= 15 is 0 Å². The minimum absolute atomic E-state index is 0.288. The van der Waals surface area contributed by atoms with Crippen molar-refractivity contribution in [1.82, 2.24) is 9.80 Å². The fourth-order valence-electron chi connectivity index (χ4n) is 6.52. The number of amides is 1. The minimum Gasteiger partial charge on any atom is -0.369 e. The number of halogens is 1. The van der Waals surface area contributed by atoms with Gasteiger partial charge in [-0.15, -0.1) is 0 Å². The van der Waals surface area contributed by atoms with Gasteiger partial charge in [0.2, 0.25) is 5.91 Å². The SMILES string of the molecule is CC1(CN2CCC(N)CC2)CCC(c2ccc(Cl)cc2)=C(CN2CCN(c3ccc(C(N)=O)cc3)CC2)C1. The molecule has 0 spiro atoms. The number of allylic oxidation sites excluding steroid dienone is 1. The van der Waals surface area contributed by atoms with E-state index in [4.69, 9.17) is 23.1 Å². The van der Waals surface area contributed by atoms with E-state index < -0.39 is 0 Å². The smallest absolute Gasteiger partial charge is 0.248 e. The Morgan fingerprint density at radius 1 is 0.947 bits per heavy atom. The second kappa shape index (κ2) is 11.8. The summed E-state index contributed by atoms with van der Waals surface area (Å²) in [5.41, 5.74) is 18.0. The Morgan fingerprint density at radius 2 is 1.61 bits per heavy atom. The summed E-state index contributed by atoms with van der Waals surface area (Å²) in [6, 6.07) is 16.5. The maximum absolute atomic E-state index is 11.4. The van der Waals surface area contributed by atoms with E-state index in [0.29, 0.717) is 11.6 Å². The number of likely N-dealkylation sites (tertiary alicyclic amines) is 1. The van der Waals surface area contributed by atoms with Gasteiger partial charge < -0.3 is 21.3 Å². The Hall–Kier alpha value is -2.38. The van der Waals surface area contributed by atoms with Crippen LogP contribution in [-0.4, -0.2) is 74.1 Å². The summed E-state index contributed by atoms with van der Waals surface area (Å²) in [4.78, 5) is 19.1. The van der Waals surface area contributed by atoms with Crippen LogP contribution in [0.4, 0.5) is 5.69 Å². The molecule has 0 aromatic heterocycles. The van der Waals surface area contributed by atoms with Crippen LogP contribution in [0.1, 0.15) is 54.9 Å². The van der Waals surface area contributed by atoms with Crippen LogP contribution in [0.2, 0.25) is 5.02 Å². The second-order valence-corrected chi connectivity index (χ2v) is 12.3. The molecular weight excluding hydrogens is 494 g/mol. The normalized spacial score (nSPS) is 24.1. The Bertz CT molecular complexity index is 1130. The van der Waals surface area contributed by atoms with Gasteiger partial charge in [0.15, 0.2) is 0 Å². The van der Waals surface area contributed by atoms with Gasteiger partial charge >= 0.3 is 0 Å². The summed E-state index contributed by atoms with van der Waals surface area (Å²) in [5, 5.41) is 0.792. The van der Waals surface area contributed by atoms with E-state index in [0.717, 1.165) is 88.8 Å². The van der Waals surface area contributed by atoms with Gasteiger partial charge in [-0.2, -0.15) is 0 Å². The summed E-state index contributed by atoms with van der Waals surface area (Å²) in [6.45, 7) is 10.9. The van der Waals surface area contributed by atoms with Crippen molar-refractivity contribution in [2.75, 3.05) is 57.3 Å². The quantitative estimate of drug-likeness (QED) is 0.540. The lowest BCUT2D eigenvalue weighted by atomic mass is 9.71. The molecule has 2 aromatic rings. The third kappa shape index (κ3) is 6.60. The van der Waals surface area contributed by atoms with E-state index in [-0.39, 0.29) is 11.3 Å². The topological polar surface area (TPSA) is 78.8 Å². The molecule has 1 unspecified atom stereocenters. The summed E-state index contributed by atoms with van der Waals surface area (Å²) >= 11 is 6.23. The molecule has 0 bridgehead atoms. The molecule has 0 saturated carbocycles. The Kier molecular flexibility index (Phi) is 8.44. The number of rotatable bonds is 7. The largest absolute Gasteiger partial charge is 0.369 e. The molecule has 5 rings (SSSR count). The third-order valence-corrected chi connectivity index (χ3v) is 9.03. The summed E-state index contributed by atoms with van der Waals surface area (Å²) in [6.07, 6.45) is 5.70. The van der Waals surface area contributed by atoms with Crippen LogP contribution in [0.5, 0.6) is 0 Å². The highest BCUT2D eigenvalue weighted by atomic mass is 35.5. The number of piperazine rings is 1. The molecule has 1 aliphatic carbocycles. The Morgan fingerprint density at radius 3 is 2.24 bits per heavy atom. The number of nitrogens with zero attached hydrogens (tertiary/aromatic N) is 3. The van der Waals surface area contributed by atoms with Crippen LogP contribution in [0.25, 0.3) is 5.57 Å². The van der Waals surface area contributed by atoms with Gasteiger partial charge in [-0.25, -0.2) is 0 Å². The highest BCUT2D eigenvalue weighted by Crippen LogP contribution is 2.44. The van der Waals surface area contributed by atoms with Crippen LogP contribution in [0.15, 0.2) is 54.1 Å². The number of carbonyl (C=O) groups is 1.